The summed E-state index contributed by atoms with van der Waals surface area (Å²) in [6.45, 7) is 0.217. The second kappa shape index (κ2) is 3.90. The lowest BCUT2D eigenvalue weighted by Crippen LogP contribution is -1.93. The van der Waals surface area contributed by atoms with Crippen molar-refractivity contribution in [1.29, 1.82) is 0 Å². The number of halogens is 1. The van der Waals surface area contributed by atoms with Gasteiger partial charge in [0.15, 0.2) is 11.5 Å². The summed E-state index contributed by atoms with van der Waals surface area (Å²) >= 11 is 5.95. The Kier molecular flexibility index (Phi) is 2.61. The van der Waals surface area contributed by atoms with Gasteiger partial charge in [0.1, 0.15) is 0 Å². The van der Waals surface area contributed by atoms with E-state index in [9.17, 15) is 0 Å². The van der Waals surface area contributed by atoms with Crippen LogP contribution in [-0.4, -0.2) is 18.5 Å². The molecule has 0 bridgehead atoms. The van der Waals surface area contributed by atoms with E-state index >= 15 is 0 Å². The summed E-state index contributed by atoms with van der Waals surface area (Å²) in [5, 5.41) is 9.14. The van der Waals surface area contributed by atoms with E-state index in [1.54, 1.807) is 18.2 Å². The van der Waals surface area contributed by atoms with Gasteiger partial charge in [-0.3, -0.25) is 0 Å². The number of hydrogen-bond donors (Lipinski definition) is 1. The molecule has 0 amide bonds. The predicted molar refractivity (Wildman–Crippen MR) is 53.7 cm³/mol. The van der Waals surface area contributed by atoms with E-state index in [2.05, 4.69) is 0 Å². The van der Waals surface area contributed by atoms with Crippen LogP contribution in [0.15, 0.2) is 18.2 Å². The Morgan fingerprint density at radius 3 is 3.07 bits per heavy atom. The van der Waals surface area contributed by atoms with Crippen LogP contribution in [0.1, 0.15) is 5.56 Å². The second-order valence-corrected chi connectivity index (χ2v) is 3.23. The van der Waals surface area contributed by atoms with Gasteiger partial charge in [-0.1, -0.05) is 23.8 Å². The number of hydrogen-bond acceptors (Lipinski definition) is 3. The molecule has 0 spiro atoms. The maximum Gasteiger partial charge on any atom is 0.231 e. The molecular weight excluding hydrogens is 204 g/mol. The second-order valence-electron chi connectivity index (χ2n) is 2.82. The molecule has 1 aromatic carbocycles. The molecule has 3 nitrogen and oxygen atoms in total. The van der Waals surface area contributed by atoms with E-state index in [1.165, 1.54) is 0 Å². The Morgan fingerprint density at radius 1 is 1.43 bits per heavy atom. The third kappa shape index (κ3) is 1.69. The Morgan fingerprint density at radius 2 is 2.29 bits per heavy atom. The molecule has 0 saturated heterocycles. The minimum absolute atomic E-state index is 0.00601. The van der Waals surface area contributed by atoms with E-state index in [4.69, 9.17) is 26.2 Å². The highest BCUT2D eigenvalue weighted by atomic mass is 35.5. The van der Waals surface area contributed by atoms with Crippen molar-refractivity contribution >= 4 is 17.7 Å². The number of ether oxygens (including phenoxy) is 2. The lowest BCUT2D eigenvalue weighted by molar-refractivity contribution is 0.174. The van der Waals surface area contributed by atoms with Crippen LogP contribution in [0.25, 0.3) is 6.08 Å². The number of aliphatic hydroxyl groups excluding tert-OH is 1. The standard InChI is InChI=1S/C10H9ClO3/c11-8-4-7(2-1-3-12)5-9-10(8)14-6-13-9/h1-2,4-5,12H,3,6H2. The van der Waals surface area contributed by atoms with E-state index in [0.29, 0.717) is 16.5 Å². The quantitative estimate of drug-likeness (QED) is 0.816. The molecule has 4 heteroatoms. The summed E-state index contributed by atoms with van der Waals surface area (Å²) in [5.74, 6) is 1.24. The fourth-order valence-electron chi connectivity index (χ4n) is 1.27. The summed E-state index contributed by atoms with van der Waals surface area (Å²) in [7, 11) is 0. The maximum absolute atomic E-state index is 8.61. The third-order valence-corrected chi connectivity index (χ3v) is 2.15. The van der Waals surface area contributed by atoms with Crippen molar-refractivity contribution in [2.24, 2.45) is 0 Å². The van der Waals surface area contributed by atoms with Crippen LogP contribution in [0.5, 0.6) is 11.5 Å². The highest BCUT2D eigenvalue weighted by Crippen LogP contribution is 2.39. The molecule has 74 valence electrons. The first-order chi connectivity index (χ1) is 6.81. The molecule has 0 saturated carbocycles. The topological polar surface area (TPSA) is 38.7 Å². The predicted octanol–water partition coefficient (Wildman–Crippen LogP) is 2.07. The van der Waals surface area contributed by atoms with Crippen molar-refractivity contribution in [1.82, 2.24) is 0 Å². The number of aliphatic hydroxyl groups is 1. The minimum atomic E-state index is 0.00601. The van der Waals surface area contributed by atoms with Crippen LogP contribution in [0.2, 0.25) is 5.02 Å². The largest absolute Gasteiger partial charge is 0.454 e. The minimum Gasteiger partial charge on any atom is -0.454 e. The van der Waals surface area contributed by atoms with Crippen LogP contribution < -0.4 is 9.47 Å². The molecule has 14 heavy (non-hydrogen) atoms. The molecule has 1 aliphatic heterocycles. The molecule has 1 aromatic rings. The van der Waals surface area contributed by atoms with E-state index in [0.717, 1.165) is 5.56 Å². The average Bonchev–Trinajstić information content (AvgIpc) is 2.63. The van der Waals surface area contributed by atoms with Crippen LogP contribution in [0, 0.1) is 0 Å². The normalized spacial score (nSPS) is 13.9. The van der Waals surface area contributed by atoms with Gasteiger partial charge in [0, 0.05) is 0 Å². The average molecular weight is 213 g/mol. The van der Waals surface area contributed by atoms with Gasteiger partial charge in [-0.15, -0.1) is 0 Å². The summed E-state index contributed by atoms with van der Waals surface area (Å²) in [6.07, 6.45) is 3.40. The van der Waals surface area contributed by atoms with Gasteiger partial charge in [-0.25, -0.2) is 0 Å². The first-order valence-corrected chi connectivity index (χ1v) is 4.55. The van der Waals surface area contributed by atoms with Gasteiger partial charge >= 0.3 is 0 Å². The molecule has 0 atom stereocenters. The molecule has 0 radical (unpaired) electrons. The van der Waals surface area contributed by atoms with Crippen molar-refractivity contribution in [3.05, 3.63) is 28.8 Å². The summed E-state index contributed by atoms with van der Waals surface area (Å²) in [4.78, 5) is 0. The molecule has 0 fully saturated rings. The monoisotopic (exact) mass is 212 g/mol. The zero-order valence-electron chi connectivity index (χ0n) is 7.37. The third-order valence-electron chi connectivity index (χ3n) is 1.87. The summed E-state index contributed by atoms with van der Waals surface area (Å²) in [6, 6.07) is 3.58. The number of fused-ring (bicyclic) bond motifs is 1. The van der Waals surface area contributed by atoms with Gasteiger partial charge in [0.05, 0.1) is 11.6 Å². The van der Waals surface area contributed by atoms with Gasteiger partial charge in [0.2, 0.25) is 6.79 Å². The number of rotatable bonds is 2. The van der Waals surface area contributed by atoms with E-state index in [1.807, 2.05) is 6.07 Å². The fourth-order valence-corrected chi connectivity index (χ4v) is 1.55. The Balaban J connectivity index is 2.37. The van der Waals surface area contributed by atoms with Crippen molar-refractivity contribution in [3.63, 3.8) is 0 Å². The zero-order valence-corrected chi connectivity index (χ0v) is 8.12. The molecule has 0 aliphatic carbocycles. The van der Waals surface area contributed by atoms with E-state index in [-0.39, 0.29) is 13.4 Å². The summed E-state index contributed by atoms with van der Waals surface area (Å²) < 4.78 is 10.4. The fraction of sp³-hybridized carbons (Fsp3) is 0.200. The van der Waals surface area contributed by atoms with Gasteiger partial charge in [-0.2, -0.15) is 0 Å². The highest BCUT2D eigenvalue weighted by molar-refractivity contribution is 6.32. The zero-order chi connectivity index (χ0) is 9.97. The van der Waals surface area contributed by atoms with Crippen molar-refractivity contribution < 1.29 is 14.6 Å². The smallest absolute Gasteiger partial charge is 0.231 e. The molecular formula is C10H9ClO3. The molecule has 2 rings (SSSR count). The molecule has 1 aliphatic rings. The SMILES string of the molecule is OCC=Cc1cc(Cl)c2c(c1)OCO2. The van der Waals surface area contributed by atoms with Gasteiger partial charge in [-0.05, 0) is 17.7 Å². The first-order valence-electron chi connectivity index (χ1n) is 4.18. The van der Waals surface area contributed by atoms with Crippen LogP contribution in [-0.2, 0) is 0 Å². The highest BCUT2D eigenvalue weighted by Gasteiger charge is 2.17. The Labute approximate surface area is 86.5 Å². The Hall–Kier alpha value is -1.19. The molecule has 1 heterocycles. The molecule has 0 unspecified atom stereocenters. The number of benzene rings is 1. The van der Waals surface area contributed by atoms with Crippen LogP contribution in [0.3, 0.4) is 0 Å². The lowest BCUT2D eigenvalue weighted by Gasteiger charge is -2.00. The first kappa shape index (κ1) is 9.37. The summed E-state index contributed by atoms with van der Waals surface area (Å²) in [5.41, 5.74) is 0.883. The Bertz CT molecular complexity index is 374. The van der Waals surface area contributed by atoms with Crippen LogP contribution >= 0.6 is 11.6 Å². The van der Waals surface area contributed by atoms with Crippen molar-refractivity contribution in [2.75, 3.05) is 13.4 Å². The van der Waals surface area contributed by atoms with Crippen LogP contribution in [0.4, 0.5) is 0 Å². The lowest BCUT2D eigenvalue weighted by atomic mass is 10.2. The van der Waals surface area contributed by atoms with E-state index < -0.39 is 0 Å². The van der Waals surface area contributed by atoms with Crippen molar-refractivity contribution in [2.45, 2.75) is 0 Å². The van der Waals surface area contributed by atoms with Gasteiger partial charge < -0.3 is 14.6 Å². The molecule has 0 aromatic heterocycles. The van der Waals surface area contributed by atoms with Gasteiger partial charge in [0.25, 0.3) is 0 Å². The maximum atomic E-state index is 8.61. The molecule has 1 N–H and O–H groups in total. The van der Waals surface area contributed by atoms with Crippen molar-refractivity contribution in [3.8, 4) is 11.5 Å².